The van der Waals surface area contributed by atoms with Crippen molar-refractivity contribution in [3.8, 4) is 0 Å². The second-order valence-electron chi connectivity index (χ2n) is 7.06. The first-order valence-corrected chi connectivity index (χ1v) is 11.6. The molecule has 2 aromatic carbocycles. The molecule has 0 aliphatic carbocycles. The Bertz CT molecular complexity index is 1280. The van der Waals surface area contributed by atoms with E-state index < -0.39 is 5.91 Å². The summed E-state index contributed by atoms with van der Waals surface area (Å²) in [5.74, 6) is -1.05. The van der Waals surface area contributed by atoms with Crippen LogP contribution in [0.5, 0.6) is 0 Å². The minimum Gasteiger partial charge on any atom is -0.380 e. The summed E-state index contributed by atoms with van der Waals surface area (Å²) in [5.41, 5.74) is 1.37. The first-order valence-electron chi connectivity index (χ1n) is 10.00. The summed E-state index contributed by atoms with van der Waals surface area (Å²) < 4.78 is 8.11. The monoisotopic (exact) mass is 491 g/mol. The largest absolute Gasteiger partial charge is 0.380 e. The maximum Gasteiger partial charge on any atom is 0.279 e. The molecule has 4 rings (SSSR count). The van der Waals surface area contributed by atoms with Gasteiger partial charge in [-0.25, -0.2) is 0 Å². The molecule has 0 unspecified atom stereocenters. The van der Waals surface area contributed by atoms with Gasteiger partial charge in [0, 0.05) is 36.6 Å². The smallest absolute Gasteiger partial charge is 0.279 e. The van der Waals surface area contributed by atoms with Gasteiger partial charge >= 0.3 is 0 Å². The fourth-order valence-electron chi connectivity index (χ4n) is 3.52. The van der Waals surface area contributed by atoms with E-state index in [4.69, 9.17) is 27.9 Å². The number of ether oxygens (including phenoxy) is 1. The topological polar surface area (TPSA) is 81.0 Å². The molecule has 3 aromatic rings. The fourth-order valence-corrected chi connectivity index (χ4v) is 5.35. The number of halogens is 2. The number of fused-ring (bicyclic) bond motifs is 1. The Labute approximate surface area is 197 Å². The summed E-state index contributed by atoms with van der Waals surface area (Å²) in [7, 11) is 0. The van der Waals surface area contributed by atoms with E-state index >= 15 is 0 Å². The van der Waals surface area contributed by atoms with Gasteiger partial charge in [-0.05, 0) is 37.3 Å². The number of imide groups is 1. The molecule has 2 heterocycles. The lowest BCUT2D eigenvalue weighted by molar-refractivity contribution is -0.121. The minimum absolute atomic E-state index is 0.173. The SMILES string of the molecule is CCOCCn1c(=NC(=O)c2cccc(N3C(=O)CCC3=O)c2)sc2cc(Cl)cc(Cl)c21. The molecule has 7 nitrogen and oxygen atoms in total. The number of nitrogens with zero attached hydrogens (tertiary/aromatic N) is 3. The van der Waals surface area contributed by atoms with Crippen molar-refractivity contribution in [1.82, 2.24) is 4.57 Å². The molecule has 1 aliphatic rings. The molecule has 0 N–H and O–H groups in total. The zero-order valence-corrected chi connectivity index (χ0v) is 19.5. The zero-order chi connectivity index (χ0) is 22.8. The van der Waals surface area contributed by atoms with Gasteiger partial charge in [-0.2, -0.15) is 4.99 Å². The van der Waals surface area contributed by atoms with Crippen LogP contribution in [0.25, 0.3) is 10.2 Å². The van der Waals surface area contributed by atoms with Gasteiger partial charge in [0.25, 0.3) is 5.91 Å². The van der Waals surface area contributed by atoms with E-state index in [1.165, 1.54) is 17.4 Å². The number of thiazole rings is 1. The van der Waals surface area contributed by atoms with Crippen LogP contribution in [0.4, 0.5) is 5.69 Å². The van der Waals surface area contributed by atoms with Gasteiger partial charge in [-0.3, -0.25) is 19.3 Å². The highest BCUT2D eigenvalue weighted by Gasteiger charge is 2.30. The van der Waals surface area contributed by atoms with Crippen molar-refractivity contribution in [2.45, 2.75) is 26.3 Å². The molecule has 1 saturated heterocycles. The van der Waals surface area contributed by atoms with Crippen LogP contribution in [0.1, 0.15) is 30.1 Å². The molecule has 3 amide bonds. The van der Waals surface area contributed by atoms with Gasteiger partial charge in [-0.1, -0.05) is 40.6 Å². The number of hydrogen-bond acceptors (Lipinski definition) is 5. The minimum atomic E-state index is -0.495. The van der Waals surface area contributed by atoms with E-state index in [-0.39, 0.29) is 30.2 Å². The predicted octanol–water partition coefficient (Wildman–Crippen LogP) is 4.44. The number of carbonyl (C=O) groups is 3. The van der Waals surface area contributed by atoms with Crippen LogP contribution in [0.15, 0.2) is 41.4 Å². The van der Waals surface area contributed by atoms with Crippen LogP contribution < -0.4 is 9.70 Å². The molecule has 0 spiro atoms. The van der Waals surface area contributed by atoms with Crippen LogP contribution in [0.2, 0.25) is 10.0 Å². The number of rotatable bonds is 6. The molecule has 0 bridgehead atoms. The van der Waals surface area contributed by atoms with E-state index in [1.807, 2.05) is 11.5 Å². The molecule has 10 heteroatoms. The van der Waals surface area contributed by atoms with E-state index in [9.17, 15) is 14.4 Å². The lowest BCUT2D eigenvalue weighted by atomic mass is 10.2. The molecule has 1 fully saturated rings. The third-order valence-corrected chi connectivity index (χ3v) is 6.49. The third-order valence-electron chi connectivity index (χ3n) is 4.96. The zero-order valence-electron chi connectivity index (χ0n) is 17.1. The summed E-state index contributed by atoms with van der Waals surface area (Å²) in [6.45, 7) is 3.35. The van der Waals surface area contributed by atoms with Gasteiger partial charge in [0.2, 0.25) is 11.8 Å². The van der Waals surface area contributed by atoms with Crippen molar-refractivity contribution in [2.75, 3.05) is 18.1 Å². The highest BCUT2D eigenvalue weighted by atomic mass is 35.5. The molecule has 0 saturated carbocycles. The second kappa shape index (κ2) is 9.54. The number of hydrogen-bond donors (Lipinski definition) is 0. The van der Waals surface area contributed by atoms with E-state index in [0.717, 1.165) is 15.1 Å². The van der Waals surface area contributed by atoms with Gasteiger partial charge in [0.05, 0.1) is 27.5 Å². The molecule has 0 radical (unpaired) electrons. The summed E-state index contributed by atoms with van der Waals surface area (Å²) in [6.07, 6.45) is 0.346. The highest BCUT2D eigenvalue weighted by Crippen LogP contribution is 2.30. The van der Waals surface area contributed by atoms with E-state index in [0.29, 0.717) is 40.3 Å². The maximum absolute atomic E-state index is 13.0. The Morgan fingerprint density at radius 3 is 2.62 bits per heavy atom. The lowest BCUT2D eigenvalue weighted by Crippen LogP contribution is -2.28. The first-order chi connectivity index (χ1) is 15.4. The Morgan fingerprint density at radius 2 is 1.91 bits per heavy atom. The van der Waals surface area contributed by atoms with Gasteiger partial charge in [0.1, 0.15) is 0 Å². The maximum atomic E-state index is 13.0. The quantitative estimate of drug-likeness (QED) is 0.377. The lowest BCUT2D eigenvalue weighted by Gasteiger charge is -2.14. The summed E-state index contributed by atoms with van der Waals surface area (Å²) >= 11 is 13.9. The van der Waals surface area contributed by atoms with Crippen molar-refractivity contribution < 1.29 is 19.1 Å². The third kappa shape index (κ3) is 4.49. The number of benzene rings is 2. The van der Waals surface area contributed by atoms with Crippen LogP contribution in [0, 0.1) is 0 Å². The normalized spacial score (nSPS) is 14.7. The molecular weight excluding hydrogens is 473 g/mol. The number of carbonyl (C=O) groups excluding carboxylic acids is 3. The summed E-state index contributed by atoms with van der Waals surface area (Å²) in [4.78, 5) is 43.0. The van der Waals surface area contributed by atoms with Crippen molar-refractivity contribution in [3.63, 3.8) is 0 Å². The van der Waals surface area contributed by atoms with Crippen LogP contribution in [-0.2, 0) is 20.9 Å². The van der Waals surface area contributed by atoms with Crippen molar-refractivity contribution in [3.05, 3.63) is 56.8 Å². The van der Waals surface area contributed by atoms with Gasteiger partial charge < -0.3 is 9.30 Å². The molecule has 32 heavy (non-hydrogen) atoms. The average molecular weight is 492 g/mol. The Morgan fingerprint density at radius 1 is 1.16 bits per heavy atom. The molecule has 166 valence electrons. The van der Waals surface area contributed by atoms with E-state index in [2.05, 4.69) is 4.99 Å². The van der Waals surface area contributed by atoms with Gasteiger partial charge in [0.15, 0.2) is 4.80 Å². The second-order valence-corrected chi connectivity index (χ2v) is 8.91. The number of aromatic nitrogens is 1. The Balaban J connectivity index is 1.75. The van der Waals surface area contributed by atoms with Crippen LogP contribution in [0.3, 0.4) is 0 Å². The summed E-state index contributed by atoms with van der Waals surface area (Å²) in [5, 5.41) is 0.952. The van der Waals surface area contributed by atoms with Gasteiger partial charge in [-0.15, -0.1) is 0 Å². The Hall–Kier alpha value is -2.52. The molecular formula is C22H19Cl2N3O4S. The van der Waals surface area contributed by atoms with Crippen LogP contribution >= 0.6 is 34.5 Å². The van der Waals surface area contributed by atoms with E-state index in [1.54, 1.807) is 30.3 Å². The Kier molecular flexibility index (Phi) is 6.76. The summed E-state index contributed by atoms with van der Waals surface area (Å²) in [6, 6.07) is 9.79. The standard InChI is InChI=1S/C22H19Cl2N3O4S/c1-2-31-9-8-26-20-16(24)11-14(23)12-17(20)32-22(26)25-21(30)13-4-3-5-15(10-13)27-18(28)6-7-19(27)29/h3-5,10-12H,2,6-9H2,1H3. The number of anilines is 1. The molecule has 1 aromatic heterocycles. The van der Waals surface area contributed by atoms with Crippen LogP contribution in [-0.4, -0.2) is 35.5 Å². The predicted molar refractivity (Wildman–Crippen MR) is 124 cm³/mol. The first kappa shape index (κ1) is 22.7. The number of amides is 3. The average Bonchev–Trinajstić information content (AvgIpc) is 3.27. The molecule has 0 atom stereocenters. The van der Waals surface area contributed by atoms with Crippen molar-refractivity contribution in [2.24, 2.45) is 4.99 Å². The molecule has 1 aliphatic heterocycles. The highest BCUT2D eigenvalue weighted by molar-refractivity contribution is 7.16. The fraction of sp³-hybridized carbons (Fsp3) is 0.273. The van der Waals surface area contributed by atoms with Crippen molar-refractivity contribution in [1.29, 1.82) is 0 Å². The van der Waals surface area contributed by atoms with Crippen molar-refractivity contribution >= 4 is 68.2 Å².